The van der Waals surface area contributed by atoms with E-state index in [0.29, 0.717) is 0 Å². The van der Waals surface area contributed by atoms with E-state index in [0.717, 1.165) is 42.1 Å². The Kier molecular flexibility index (Phi) is 4.50. The molecule has 1 aromatic rings. The minimum absolute atomic E-state index is 0.127. The first kappa shape index (κ1) is 17.5. The van der Waals surface area contributed by atoms with Gasteiger partial charge >= 0.3 is 0 Å². The first-order chi connectivity index (χ1) is 10.7. The molecule has 1 spiro atoms. The van der Waals surface area contributed by atoms with E-state index >= 15 is 0 Å². The van der Waals surface area contributed by atoms with Gasteiger partial charge < -0.3 is 15.6 Å². The van der Waals surface area contributed by atoms with Gasteiger partial charge in [-0.2, -0.15) is 0 Å². The standard InChI is InChI=1S/C17H22B2BrNO2/c1-23-13-4-6-15(7-5-13)9-11-2-3-12(20)8-14(11)16(15,21)10-17(18,19)22/h2-3,8,13,22H,4-7,9-10,21H2,1H3. The van der Waals surface area contributed by atoms with Gasteiger partial charge in [-0.15, -0.1) is 0 Å². The number of hydrogen-bond acceptors (Lipinski definition) is 3. The predicted molar refractivity (Wildman–Crippen MR) is 96.5 cm³/mol. The van der Waals surface area contributed by atoms with E-state index in [1.54, 1.807) is 7.11 Å². The van der Waals surface area contributed by atoms with Gasteiger partial charge in [-0.25, -0.2) is 0 Å². The molecule has 2 aliphatic carbocycles. The second kappa shape index (κ2) is 5.90. The molecule has 0 saturated heterocycles. The number of aliphatic hydroxyl groups is 1. The molecule has 1 fully saturated rings. The van der Waals surface area contributed by atoms with Crippen LogP contribution in [-0.4, -0.2) is 39.4 Å². The summed E-state index contributed by atoms with van der Waals surface area (Å²) in [7, 11) is 13.3. The predicted octanol–water partition coefficient (Wildman–Crippen LogP) is 2.11. The van der Waals surface area contributed by atoms with Crippen LogP contribution >= 0.6 is 15.9 Å². The molecule has 1 unspecified atom stereocenters. The van der Waals surface area contributed by atoms with E-state index in [2.05, 4.69) is 28.1 Å². The van der Waals surface area contributed by atoms with Crippen LogP contribution in [-0.2, 0) is 16.7 Å². The number of rotatable bonds is 3. The first-order valence-electron chi connectivity index (χ1n) is 8.10. The molecular formula is C17H22B2BrNO2. The zero-order valence-corrected chi connectivity index (χ0v) is 15.1. The first-order valence-corrected chi connectivity index (χ1v) is 8.89. The summed E-state index contributed by atoms with van der Waals surface area (Å²) < 4.78 is 6.49. The van der Waals surface area contributed by atoms with Crippen molar-refractivity contribution in [1.82, 2.24) is 0 Å². The van der Waals surface area contributed by atoms with Gasteiger partial charge in [0, 0.05) is 17.1 Å². The number of fused-ring (bicyclic) bond motifs is 1. The molecule has 0 aromatic heterocycles. The fourth-order valence-corrected chi connectivity index (χ4v) is 5.02. The van der Waals surface area contributed by atoms with Gasteiger partial charge in [0.05, 0.1) is 21.8 Å². The third-order valence-corrected chi connectivity index (χ3v) is 6.31. The summed E-state index contributed by atoms with van der Waals surface area (Å²) in [6, 6.07) is 6.21. The summed E-state index contributed by atoms with van der Waals surface area (Å²) in [5, 5.41) is 8.30. The van der Waals surface area contributed by atoms with Crippen LogP contribution in [0.1, 0.15) is 43.2 Å². The molecule has 3 rings (SSSR count). The highest BCUT2D eigenvalue weighted by Crippen LogP contribution is 2.59. The van der Waals surface area contributed by atoms with Crippen molar-refractivity contribution < 1.29 is 9.84 Å². The van der Waals surface area contributed by atoms with Gasteiger partial charge in [-0.1, -0.05) is 22.0 Å². The van der Waals surface area contributed by atoms with Crippen molar-refractivity contribution in [2.24, 2.45) is 11.1 Å². The van der Waals surface area contributed by atoms with Crippen LogP contribution in [0.5, 0.6) is 0 Å². The lowest BCUT2D eigenvalue weighted by atomic mass is 9.52. The lowest BCUT2D eigenvalue weighted by Crippen LogP contribution is -2.56. The molecule has 0 bridgehead atoms. The average molecular weight is 374 g/mol. The lowest BCUT2D eigenvalue weighted by Gasteiger charge is -2.50. The van der Waals surface area contributed by atoms with Gasteiger partial charge in [-0.3, -0.25) is 0 Å². The molecule has 6 heteroatoms. The highest BCUT2D eigenvalue weighted by Gasteiger charge is 2.57. The van der Waals surface area contributed by atoms with Crippen LogP contribution in [0.25, 0.3) is 0 Å². The molecule has 0 aliphatic heterocycles. The van der Waals surface area contributed by atoms with E-state index in [-0.39, 0.29) is 17.9 Å². The molecule has 23 heavy (non-hydrogen) atoms. The topological polar surface area (TPSA) is 55.5 Å². The van der Waals surface area contributed by atoms with Gasteiger partial charge in [-0.05, 0) is 72.6 Å². The normalized spacial score (nSPS) is 33.8. The van der Waals surface area contributed by atoms with Crippen molar-refractivity contribution in [1.29, 1.82) is 0 Å². The summed E-state index contributed by atoms with van der Waals surface area (Å²) in [5.74, 6) is 0. The van der Waals surface area contributed by atoms with Crippen molar-refractivity contribution >= 4 is 31.6 Å². The monoisotopic (exact) mass is 373 g/mol. The van der Waals surface area contributed by atoms with Crippen molar-refractivity contribution in [2.75, 3.05) is 7.11 Å². The fraction of sp³-hybridized carbons (Fsp3) is 0.647. The summed E-state index contributed by atoms with van der Waals surface area (Å²) >= 11 is 3.53. The Bertz CT molecular complexity index is 597. The molecule has 1 atom stereocenters. The van der Waals surface area contributed by atoms with Crippen LogP contribution < -0.4 is 5.73 Å². The van der Waals surface area contributed by atoms with Gasteiger partial charge in [0.1, 0.15) is 0 Å². The Balaban J connectivity index is 2.03. The average Bonchev–Trinajstić information content (AvgIpc) is 2.68. The zero-order chi connectivity index (χ0) is 16.9. The minimum atomic E-state index is -1.79. The van der Waals surface area contributed by atoms with Crippen LogP contribution in [0.3, 0.4) is 0 Å². The Morgan fingerprint density at radius 2 is 2.04 bits per heavy atom. The van der Waals surface area contributed by atoms with E-state index in [4.69, 9.17) is 26.2 Å². The number of halogens is 1. The minimum Gasteiger partial charge on any atom is -0.409 e. The van der Waals surface area contributed by atoms with Crippen LogP contribution in [0.4, 0.5) is 0 Å². The molecule has 1 aromatic carbocycles. The number of ether oxygens (including phenoxy) is 1. The maximum atomic E-state index is 10.1. The Morgan fingerprint density at radius 3 is 2.61 bits per heavy atom. The van der Waals surface area contributed by atoms with Gasteiger partial charge in [0.15, 0.2) is 0 Å². The second-order valence-electron chi connectivity index (χ2n) is 7.33. The molecule has 1 saturated carbocycles. The van der Waals surface area contributed by atoms with E-state index < -0.39 is 10.9 Å². The smallest absolute Gasteiger partial charge is 0.0990 e. The molecular weight excluding hydrogens is 352 g/mol. The van der Waals surface area contributed by atoms with Crippen LogP contribution in [0.2, 0.25) is 0 Å². The fourth-order valence-electron chi connectivity index (χ4n) is 4.66. The lowest BCUT2D eigenvalue weighted by molar-refractivity contribution is -0.0165. The Morgan fingerprint density at radius 1 is 1.39 bits per heavy atom. The van der Waals surface area contributed by atoms with Crippen molar-refractivity contribution in [3.05, 3.63) is 33.8 Å². The van der Waals surface area contributed by atoms with E-state index in [1.807, 2.05) is 6.07 Å². The number of benzene rings is 1. The molecule has 3 N–H and O–H groups in total. The maximum Gasteiger partial charge on any atom is 0.0990 e. The summed E-state index contributed by atoms with van der Waals surface area (Å²) in [4.78, 5) is 0. The molecule has 0 amide bonds. The SMILES string of the molecule is [B]C([B])(O)CC1(N)c2cc(Br)ccc2CC12CCC(OC)CC2. The third kappa shape index (κ3) is 3.04. The van der Waals surface area contributed by atoms with Crippen LogP contribution in [0.15, 0.2) is 22.7 Å². The largest absolute Gasteiger partial charge is 0.409 e. The number of hydrogen-bond donors (Lipinski definition) is 2. The van der Waals surface area contributed by atoms with Crippen molar-refractivity contribution in [3.63, 3.8) is 0 Å². The second-order valence-corrected chi connectivity index (χ2v) is 8.25. The van der Waals surface area contributed by atoms with E-state index in [1.165, 1.54) is 5.56 Å². The highest BCUT2D eigenvalue weighted by molar-refractivity contribution is 9.10. The molecule has 2 aliphatic rings. The Hall–Kier alpha value is -0.290. The van der Waals surface area contributed by atoms with Crippen LogP contribution in [0, 0.1) is 5.41 Å². The zero-order valence-electron chi connectivity index (χ0n) is 13.5. The van der Waals surface area contributed by atoms with Crippen molar-refractivity contribution in [3.8, 4) is 0 Å². The maximum absolute atomic E-state index is 10.1. The molecule has 120 valence electrons. The van der Waals surface area contributed by atoms with E-state index in [9.17, 15) is 5.11 Å². The molecule has 0 heterocycles. The number of methoxy groups -OCH3 is 1. The Labute approximate surface area is 149 Å². The quantitative estimate of drug-likeness (QED) is 0.798. The van der Waals surface area contributed by atoms with Gasteiger partial charge in [0.25, 0.3) is 0 Å². The summed E-state index contributed by atoms with van der Waals surface area (Å²) in [5.41, 5.74) is 8.37. The third-order valence-electron chi connectivity index (χ3n) is 5.81. The summed E-state index contributed by atoms with van der Waals surface area (Å²) in [6.07, 6.45) is 5.17. The highest BCUT2D eigenvalue weighted by atomic mass is 79.9. The summed E-state index contributed by atoms with van der Waals surface area (Å²) in [6.45, 7) is 0. The molecule has 4 radical (unpaired) electrons. The van der Waals surface area contributed by atoms with Gasteiger partial charge in [0.2, 0.25) is 0 Å². The van der Waals surface area contributed by atoms with Crippen molar-refractivity contribution in [2.45, 2.75) is 55.6 Å². The molecule has 3 nitrogen and oxygen atoms in total. The number of nitrogens with two attached hydrogens (primary N) is 1.